The molecule has 0 bridgehead atoms. The molecule has 0 radical (unpaired) electrons. The first-order chi connectivity index (χ1) is 8.76. The van der Waals surface area contributed by atoms with Crippen LogP contribution in [0.25, 0.3) is 0 Å². The Morgan fingerprint density at radius 3 is 3.06 bits per heavy atom. The lowest BCUT2D eigenvalue weighted by molar-refractivity contribution is 0.568. The molecule has 0 aliphatic rings. The third kappa shape index (κ3) is 2.61. The van der Waals surface area contributed by atoms with Crippen LogP contribution in [0.2, 0.25) is 0 Å². The van der Waals surface area contributed by atoms with Gasteiger partial charge in [0.15, 0.2) is 0 Å². The van der Waals surface area contributed by atoms with Crippen molar-refractivity contribution in [3.05, 3.63) is 41.1 Å². The van der Waals surface area contributed by atoms with Gasteiger partial charge in [0.05, 0.1) is 11.7 Å². The molecule has 96 valence electrons. The molecule has 0 saturated carbocycles. The molecule has 0 aromatic carbocycles. The Morgan fingerprint density at radius 2 is 2.44 bits per heavy atom. The van der Waals surface area contributed by atoms with Gasteiger partial charge in [0.25, 0.3) is 0 Å². The number of nitrogens with zero attached hydrogens (tertiary/aromatic N) is 3. The summed E-state index contributed by atoms with van der Waals surface area (Å²) in [6.45, 7) is 8.60. The van der Waals surface area contributed by atoms with Crippen molar-refractivity contribution in [3.8, 4) is 0 Å². The van der Waals surface area contributed by atoms with Gasteiger partial charge in [0.1, 0.15) is 5.01 Å². The lowest BCUT2D eigenvalue weighted by atomic mass is 10.2. The van der Waals surface area contributed by atoms with Gasteiger partial charge in [-0.25, -0.2) is 9.97 Å². The molecule has 0 saturated heterocycles. The first-order valence-corrected chi connectivity index (χ1v) is 6.93. The molecule has 18 heavy (non-hydrogen) atoms. The van der Waals surface area contributed by atoms with Crippen molar-refractivity contribution < 1.29 is 0 Å². The smallest absolute Gasteiger partial charge is 0.203 e. The van der Waals surface area contributed by atoms with Crippen LogP contribution >= 0.6 is 11.3 Å². The van der Waals surface area contributed by atoms with Gasteiger partial charge in [-0.3, -0.25) is 0 Å². The third-order valence-corrected chi connectivity index (χ3v) is 3.59. The Hall–Kier alpha value is -1.62. The second-order valence-corrected chi connectivity index (χ2v) is 5.00. The molecule has 0 aliphatic carbocycles. The number of hydrogen-bond donors (Lipinski definition) is 1. The second kappa shape index (κ2) is 5.82. The highest BCUT2D eigenvalue weighted by molar-refractivity contribution is 7.09. The molecule has 2 aromatic heterocycles. The average molecular weight is 262 g/mol. The summed E-state index contributed by atoms with van der Waals surface area (Å²) in [5.74, 6) is 0.884. The van der Waals surface area contributed by atoms with Crippen LogP contribution < -0.4 is 5.32 Å². The summed E-state index contributed by atoms with van der Waals surface area (Å²) in [6.07, 6.45) is 6.75. The molecule has 0 fully saturated rings. The SMILES string of the molecule is C=CCNc1nc(C)cn1C(CC)c1nccs1. The maximum absolute atomic E-state index is 4.51. The summed E-state index contributed by atoms with van der Waals surface area (Å²) in [5, 5.41) is 6.41. The zero-order valence-electron chi connectivity index (χ0n) is 10.8. The van der Waals surface area contributed by atoms with Crippen molar-refractivity contribution >= 4 is 17.3 Å². The van der Waals surface area contributed by atoms with E-state index in [1.807, 2.05) is 24.6 Å². The number of nitrogens with one attached hydrogen (secondary N) is 1. The number of imidazole rings is 1. The molecule has 5 heteroatoms. The number of anilines is 1. The fourth-order valence-electron chi connectivity index (χ4n) is 1.94. The van der Waals surface area contributed by atoms with Crippen LogP contribution in [0.4, 0.5) is 5.95 Å². The van der Waals surface area contributed by atoms with Crippen LogP contribution in [0.15, 0.2) is 30.4 Å². The van der Waals surface area contributed by atoms with E-state index in [4.69, 9.17) is 0 Å². The highest BCUT2D eigenvalue weighted by Crippen LogP contribution is 2.27. The van der Waals surface area contributed by atoms with E-state index in [-0.39, 0.29) is 6.04 Å². The fourth-order valence-corrected chi connectivity index (χ4v) is 2.76. The van der Waals surface area contributed by atoms with Gasteiger partial charge in [-0.05, 0) is 13.3 Å². The van der Waals surface area contributed by atoms with Gasteiger partial charge in [0.2, 0.25) is 5.95 Å². The lowest BCUT2D eigenvalue weighted by Crippen LogP contribution is -2.13. The molecule has 4 nitrogen and oxygen atoms in total. The van der Waals surface area contributed by atoms with Gasteiger partial charge < -0.3 is 9.88 Å². The Bertz CT molecular complexity index is 501. The largest absolute Gasteiger partial charge is 0.352 e. The zero-order valence-corrected chi connectivity index (χ0v) is 11.6. The Morgan fingerprint density at radius 1 is 1.61 bits per heavy atom. The van der Waals surface area contributed by atoms with Crippen LogP contribution in [0.5, 0.6) is 0 Å². The predicted molar refractivity (Wildman–Crippen MR) is 76.2 cm³/mol. The zero-order chi connectivity index (χ0) is 13.0. The molecular weight excluding hydrogens is 244 g/mol. The number of aryl methyl sites for hydroxylation is 1. The summed E-state index contributed by atoms with van der Waals surface area (Å²) in [6, 6.07) is 0.249. The normalized spacial score (nSPS) is 12.3. The maximum Gasteiger partial charge on any atom is 0.203 e. The monoisotopic (exact) mass is 262 g/mol. The third-order valence-electron chi connectivity index (χ3n) is 2.72. The Balaban J connectivity index is 2.32. The molecule has 2 aromatic rings. The highest BCUT2D eigenvalue weighted by atomic mass is 32.1. The van der Waals surface area contributed by atoms with E-state index in [1.54, 1.807) is 11.3 Å². The van der Waals surface area contributed by atoms with E-state index < -0.39 is 0 Å². The summed E-state index contributed by atoms with van der Waals surface area (Å²) < 4.78 is 2.16. The summed E-state index contributed by atoms with van der Waals surface area (Å²) in [4.78, 5) is 8.92. The fraction of sp³-hybridized carbons (Fsp3) is 0.385. The van der Waals surface area contributed by atoms with Gasteiger partial charge in [-0.15, -0.1) is 17.9 Å². The number of aromatic nitrogens is 3. The van der Waals surface area contributed by atoms with Crippen LogP contribution in [0.3, 0.4) is 0 Å². The van der Waals surface area contributed by atoms with Crippen molar-refractivity contribution in [3.63, 3.8) is 0 Å². The molecular formula is C13H18N4S. The average Bonchev–Trinajstić information content (AvgIpc) is 2.98. The van der Waals surface area contributed by atoms with Crippen LogP contribution in [0, 0.1) is 6.92 Å². The Kier molecular flexibility index (Phi) is 4.15. The molecule has 0 spiro atoms. The predicted octanol–water partition coefficient (Wildman–Crippen LogP) is 3.25. The molecule has 2 rings (SSSR count). The molecule has 1 atom stereocenters. The quantitative estimate of drug-likeness (QED) is 0.813. The molecule has 0 amide bonds. The van der Waals surface area contributed by atoms with Crippen molar-refractivity contribution in [2.24, 2.45) is 0 Å². The van der Waals surface area contributed by atoms with Crippen LogP contribution in [-0.4, -0.2) is 21.1 Å². The van der Waals surface area contributed by atoms with Gasteiger partial charge in [0, 0.05) is 24.3 Å². The molecule has 0 aliphatic heterocycles. The summed E-state index contributed by atoms with van der Waals surface area (Å²) >= 11 is 1.68. The molecule has 2 heterocycles. The minimum absolute atomic E-state index is 0.249. The Labute approximate surface area is 111 Å². The standard InChI is InChI=1S/C13H18N4S/c1-4-6-15-13-16-10(3)9-17(13)11(5-2)12-14-7-8-18-12/h4,7-9,11H,1,5-6H2,2-3H3,(H,15,16). The first kappa shape index (κ1) is 12.8. The van der Waals surface area contributed by atoms with Crippen molar-refractivity contribution in [2.75, 3.05) is 11.9 Å². The topological polar surface area (TPSA) is 42.7 Å². The van der Waals surface area contributed by atoms with Gasteiger partial charge >= 0.3 is 0 Å². The van der Waals surface area contributed by atoms with Crippen molar-refractivity contribution in [1.29, 1.82) is 0 Å². The van der Waals surface area contributed by atoms with E-state index in [0.29, 0.717) is 6.54 Å². The van der Waals surface area contributed by atoms with Crippen LogP contribution in [0.1, 0.15) is 30.1 Å². The molecule has 1 N–H and O–H groups in total. The van der Waals surface area contributed by atoms with E-state index in [9.17, 15) is 0 Å². The number of thiazole rings is 1. The lowest BCUT2D eigenvalue weighted by Gasteiger charge is -2.17. The van der Waals surface area contributed by atoms with Crippen LogP contribution in [-0.2, 0) is 0 Å². The number of hydrogen-bond acceptors (Lipinski definition) is 4. The van der Waals surface area contributed by atoms with E-state index in [0.717, 1.165) is 23.1 Å². The van der Waals surface area contributed by atoms with Gasteiger partial charge in [-0.2, -0.15) is 0 Å². The maximum atomic E-state index is 4.51. The number of rotatable bonds is 6. The second-order valence-electron chi connectivity index (χ2n) is 4.08. The van der Waals surface area contributed by atoms with E-state index >= 15 is 0 Å². The van der Waals surface area contributed by atoms with E-state index in [1.165, 1.54) is 0 Å². The van der Waals surface area contributed by atoms with Crippen molar-refractivity contribution in [1.82, 2.24) is 14.5 Å². The molecule has 1 unspecified atom stereocenters. The highest BCUT2D eigenvalue weighted by Gasteiger charge is 2.18. The van der Waals surface area contributed by atoms with Crippen molar-refractivity contribution in [2.45, 2.75) is 26.3 Å². The van der Waals surface area contributed by atoms with Gasteiger partial charge in [-0.1, -0.05) is 13.0 Å². The minimum Gasteiger partial charge on any atom is -0.352 e. The summed E-state index contributed by atoms with van der Waals surface area (Å²) in [5.41, 5.74) is 1.01. The minimum atomic E-state index is 0.249. The summed E-state index contributed by atoms with van der Waals surface area (Å²) in [7, 11) is 0. The first-order valence-electron chi connectivity index (χ1n) is 6.05. The van der Waals surface area contributed by atoms with E-state index in [2.05, 4.69) is 39.6 Å².